The number of halogens is 1. The molecule has 1 saturated heterocycles. The summed E-state index contributed by atoms with van der Waals surface area (Å²) in [4.78, 5) is 22.9. The molecule has 1 amide bonds. The molecule has 1 fully saturated rings. The number of ketones is 1. The molecule has 26 heavy (non-hydrogen) atoms. The molecule has 1 aromatic carbocycles. The van der Waals surface area contributed by atoms with Crippen LogP contribution in [0.5, 0.6) is 0 Å². The average Bonchev–Trinajstić information content (AvgIpc) is 2.72. The Morgan fingerprint density at radius 3 is 2.23 bits per heavy atom. The molecule has 0 radical (unpaired) electrons. The predicted octanol–water partition coefficient (Wildman–Crippen LogP) is 3.18. The fourth-order valence-electron chi connectivity index (χ4n) is 2.54. The maximum atomic E-state index is 13.8. The van der Waals surface area contributed by atoms with Crippen molar-refractivity contribution in [3.8, 4) is 0 Å². The van der Waals surface area contributed by atoms with Crippen molar-refractivity contribution < 1.29 is 23.3 Å². The second kappa shape index (κ2) is 7.33. The summed E-state index contributed by atoms with van der Waals surface area (Å²) in [5, 5.41) is 2.74. The lowest BCUT2D eigenvalue weighted by atomic mass is 9.77. The maximum absolute atomic E-state index is 13.8. The Hall–Kier alpha value is -1.99. The first kappa shape index (κ1) is 20.3. The van der Waals surface area contributed by atoms with Gasteiger partial charge in [0.2, 0.25) is 5.91 Å². The van der Waals surface area contributed by atoms with Crippen LogP contribution >= 0.6 is 0 Å². The number of amides is 1. The molecule has 0 spiro atoms. The number of Topliss-reactive ketones (excluding diaryl/α,β-unsaturated/α-hetero) is 1. The number of benzene rings is 1. The third-order valence-electron chi connectivity index (χ3n) is 4.82. The van der Waals surface area contributed by atoms with Crippen LogP contribution < -0.4 is 5.32 Å². The highest BCUT2D eigenvalue weighted by atomic mass is 19.1. The van der Waals surface area contributed by atoms with E-state index in [4.69, 9.17) is 9.31 Å². The van der Waals surface area contributed by atoms with E-state index < -0.39 is 24.1 Å². The minimum Gasteiger partial charge on any atom is -0.400 e. The van der Waals surface area contributed by atoms with Gasteiger partial charge in [-0.15, -0.1) is 0 Å². The van der Waals surface area contributed by atoms with E-state index in [0.29, 0.717) is 11.0 Å². The van der Waals surface area contributed by atoms with Crippen LogP contribution in [-0.4, -0.2) is 36.6 Å². The molecule has 1 N–H and O–H groups in total. The molecule has 0 aliphatic carbocycles. The predicted molar refractivity (Wildman–Crippen MR) is 99.1 cm³/mol. The number of hydrogen-bond donors (Lipinski definition) is 1. The van der Waals surface area contributed by atoms with Crippen molar-refractivity contribution in [3.05, 3.63) is 40.6 Å². The third kappa shape index (κ3) is 4.40. The lowest BCUT2D eigenvalue weighted by molar-refractivity contribution is -0.118. The Kier molecular flexibility index (Phi) is 5.73. The minimum atomic E-state index is -0.655. The van der Waals surface area contributed by atoms with E-state index >= 15 is 0 Å². The molecule has 7 heteroatoms. The Morgan fingerprint density at radius 2 is 1.73 bits per heavy atom. The maximum Gasteiger partial charge on any atom is 0.492 e. The van der Waals surface area contributed by atoms with Gasteiger partial charge in [0, 0.05) is 13.5 Å². The molecule has 0 unspecified atom stereocenters. The monoisotopic (exact) mass is 361 g/mol. The summed E-state index contributed by atoms with van der Waals surface area (Å²) in [6.45, 7) is 10.7. The van der Waals surface area contributed by atoms with Crippen LogP contribution in [0.3, 0.4) is 0 Å². The van der Waals surface area contributed by atoms with E-state index in [1.807, 2.05) is 27.7 Å². The Labute approximate surface area is 154 Å². The van der Waals surface area contributed by atoms with Gasteiger partial charge in [0.25, 0.3) is 0 Å². The molecule has 2 rings (SSSR count). The second-order valence-corrected chi connectivity index (χ2v) is 7.51. The van der Waals surface area contributed by atoms with E-state index in [9.17, 15) is 14.0 Å². The van der Waals surface area contributed by atoms with Crippen molar-refractivity contribution in [3.63, 3.8) is 0 Å². The quantitative estimate of drug-likeness (QED) is 0.646. The molecule has 1 aromatic rings. The Morgan fingerprint density at radius 1 is 1.15 bits per heavy atom. The SMILES string of the molecule is CC(=O)NCC(=Cc1ccc(F)c(C(C)=O)c1)B1OC(C)(C)C(C)(C)O1. The number of carbonyl (C=O) groups excluding carboxylic acids is 2. The van der Waals surface area contributed by atoms with Gasteiger partial charge >= 0.3 is 7.12 Å². The summed E-state index contributed by atoms with van der Waals surface area (Å²) in [6, 6.07) is 4.31. The lowest BCUT2D eigenvalue weighted by Gasteiger charge is -2.32. The van der Waals surface area contributed by atoms with Crippen molar-refractivity contribution in [2.75, 3.05) is 6.54 Å². The van der Waals surface area contributed by atoms with E-state index in [1.54, 1.807) is 12.1 Å². The average molecular weight is 361 g/mol. The van der Waals surface area contributed by atoms with Crippen LogP contribution in [0.2, 0.25) is 0 Å². The fourth-order valence-corrected chi connectivity index (χ4v) is 2.54. The fraction of sp³-hybridized carbons (Fsp3) is 0.474. The molecule has 5 nitrogen and oxygen atoms in total. The highest BCUT2D eigenvalue weighted by Crippen LogP contribution is 2.38. The van der Waals surface area contributed by atoms with Gasteiger partial charge in [0.05, 0.1) is 16.8 Å². The van der Waals surface area contributed by atoms with Crippen LogP contribution in [0, 0.1) is 5.82 Å². The van der Waals surface area contributed by atoms with Crippen LogP contribution in [0.15, 0.2) is 23.7 Å². The second-order valence-electron chi connectivity index (χ2n) is 7.51. The van der Waals surface area contributed by atoms with Crippen molar-refractivity contribution in [1.29, 1.82) is 0 Å². The van der Waals surface area contributed by atoms with Crippen LogP contribution in [0.25, 0.3) is 6.08 Å². The largest absolute Gasteiger partial charge is 0.492 e. The summed E-state index contributed by atoms with van der Waals surface area (Å²) >= 11 is 0. The molecular weight excluding hydrogens is 336 g/mol. The summed E-state index contributed by atoms with van der Waals surface area (Å²) < 4.78 is 25.9. The summed E-state index contributed by atoms with van der Waals surface area (Å²) in [6.07, 6.45) is 1.75. The van der Waals surface area contributed by atoms with E-state index in [2.05, 4.69) is 5.32 Å². The topological polar surface area (TPSA) is 64.6 Å². The highest BCUT2D eigenvalue weighted by Gasteiger charge is 2.52. The van der Waals surface area contributed by atoms with E-state index in [1.165, 1.54) is 26.0 Å². The third-order valence-corrected chi connectivity index (χ3v) is 4.82. The number of carbonyl (C=O) groups is 2. The van der Waals surface area contributed by atoms with Gasteiger partial charge in [-0.05, 0) is 57.8 Å². The van der Waals surface area contributed by atoms with Gasteiger partial charge in [-0.25, -0.2) is 4.39 Å². The normalized spacial score (nSPS) is 18.7. The lowest BCUT2D eigenvalue weighted by Crippen LogP contribution is -2.41. The summed E-state index contributed by atoms with van der Waals surface area (Å²) in [7, 11) is -0.655. The van der Waals surface area contributed by atoms with Gasteiger partial charge in [-0.1, -0.05) is 12.1 Å². The van der Waals surface area contributed by atoms with Crippen molar-refractivity contribution in [1.82, 2.24) is 5.32 Å². The molecule has 1 heterocycles. The zero-order chi connectivity index (χ0) is 19.7. The molecule has 1 aliphatic heterocycles. The number of rotatable bonds is 5. The Bertz CT molecular complexity index is 742. The van der Waals surface area contributed by atoms with Crippen molar-refractivity contribution in [2.24, 2.45) is 0 Å². The molecule has 0 saturated carbocycles. The molecule has 0 bridgehead atoms. The van der Waals surface area contributed by atoms with Crippen molar-refractivity contribution in [2.45, 2.75) is 52.7 Å². The van der Waals surface area contributed by atoms with Crippen LogP contribution in [0.1, 0.15) is 57.5 Å². The van der Waals surface area contributed by atoms with Gasteiger partial charge in [-0.2, -0.15) is 0 Å². The Balaban J connectivity index is 2.39. The molecule has 0 atom stereocenters. The standard InChI is InChI=1S/C19H25BFNO4/c1-12(23)16-10-14(7-8-17(16)21)9-15(11-22-13(2)24)20-25-18(3,4)19(5,6)26-20/h7-10H,11H2,1-6H3,(H,22,24). The highest BCUT2D eigenvalue weighted by molar-refractivity contribution is 6.56. The molecule has 1 aliphatic rings. The number of nitrogens with one attached hydrogen (secondary N) is 1. The first-order valence-electron chi connectivity index (χ1n) is 8.54. The first-order valence-corrected chi connectivity index (χ1v) is 8.54. The molecular formula is C19H25BFNO4. The minimum absolute atomic E-state index is 0.0199. The van der Waals surface area contributed by atoms with Gasteiger partial charge in [0.1, 0.15) is 5.82 Å². The number of hydrogen-bond acceptors (Lipinski definition) is 4. The first-order chi connectivity index (χ1) is 11.9. The van der Waals surface area contributed by atoms with Gasteiger partial charge in [-0.3, -0.25) is 9.59 Å². The van der Waals surface area contributed by atoms with Gasteiger partial charge < -0.3 is 14.6 Å². The molecule has 140 valence electrons. The van der Waals surface area contributed by atoms with Crippen molar-refractivity contribution >= 4 is 24.9 Å². The van der Waals surface area contributed by atoms with Crippen LogP contribution in [0.4, 0.5) is 4.39 Å². The zero-order valence-corrected chi connectivity index (χ0v) is 16.1. The summed E-state index contributed by atoms with van der Waals surface area (Å²) in [5.74, 6) is -1.10. The smallest absolute Gasteiger partial charge is 0.400 e. The zero-order valence-electron chi connectivity index (χ0n) is 16.1. The van der Waals surface area contributed by atoms with E-state index in [-0.39, 0.29) is 23.8 Å². The van der Waals surface area contributed by atoms with Crippen LogP contribution in [-0.2, 0) is 14.1 Å². The van der Waals surface area contributed by atoms with E-state index in [0.717, 1.165) is 0 Å². The summed E-state index contributed by atoms with van der Waals surface area (Å²) in [5.41, 5.74) is 0.277. The molecule has 0 aromatic heterocycles. The van der Waals surface area contributed by atoms with Gasteiger partial charge in [0.15, 0.2) is 5.78 Å².